The highest BCUT2D eigenvalue weighted by Gasteiger charge is 2.08. The summed E-state index contributed by atoms with van der Waals surface area (Å²) >= 11 is 1.14. The van der Waals surface area contributed by atoms with E-state index in [-0.39, 0.29) is 5.00 Å². The van der Waals surface area contributed by atoms with Crippen molar-refractivity contribution in [2.75, 3.05) is 7.11 Å². The lowest BCUT2D eigenvalue weighted by Crippen LogP contribution is -2.09. The van der Waals surface area contributed by atoms with Crippen molar-refractivity contribution in [3.63, 3.8) is 0 Å². The fraction of sp³-hybridized carbons (Fsp3) is 0.333. The van der Waals surface area contributed by atoms with Gasteiger partial charge in [-0.15, -0.1) is 0 Å². The fourth-order valence-corrected chi connectivity index (χ4v) is 1.45. The van der Waals surface area contributed by atoms with Gasteiger partial charge in [-0.3, -0.25) is 10.1 Å². The molecule has 0 aliphatic carbocycles. The number of nitrogens with zero attached hydrogens (tertiary/aromatic N) is 1. The Morgan fingerprint density at radius 1 is 1.75 bits per heavy atom. The Morgan fingerprint density at radius 2 is 2.50 bits per heavy atom. The number of rotatable bonds is 4. The standard InChI is InChI=1S/C6H8N2O3S/c1-11-7-4-5-2-3-6(12-5)8(9)10/h2-3,7H,4H2,1H3. The topological polar surface area (TPSA) is 64.4 Å². The van der Waals surface area contributed by atoms with Gasteiger partial charge in [-0.05, 0) is 6.07 Å². The third-order valence-electron chi connectivity index (χ3n) is 1.22. The number of hydrogen-bond donors (Lipinski definition) is 1. The molecular formula is C6H8N2O3S. The largest absolute Gasteiger partial charge is 0.324 e. The smallest absolute Gasteiger partial charge is 0.305 e. The summed E-state index contributed by atoms with van der Waals surface area (Å²) in [5.74, 6) is 0. The van der Waals surface area contributed by atoms with E-state index in [0.29, 0.717) is 6.54 Å². The summed E-state index contributed by atoms with van der Waals surface area (Å²) in [5, 5.41) is 10.4. The minimum atomic E-state index is -0.402. The van der Waals surface area contributed by atoms with E-state index < -0.39 is 4.92 Å². The van der Waals surface area contributed by atoms with Gasteiger partial charge in [0.25, 0.3) is 0 Å². The molecule has 6 heteroatoms. The predicted molar refractivity (Wildman–Crippen MR) is 44.8 cm³/mol. The molecule has 0 aromatic carbocycles. The highest BCUT2D eigenvalue weighted by molar-refractivity contribution is 7.15. The summed E-state index contributed by atoms with van der Waals surface area (Å²) in [7, 11) is 1.50. The average molecular weight is 188 g/mol. The molecule has 5 nitrogen and oxygen atoms in total. The third kappa shape index (κ3) is 2.26. The molecule has 0 unspecified atom stereocenters. The van der Waals surface area contributed by atoms with Gasteiger partial charge in [0.15, 0.2) is 0 Å². The van der Waals surface area contributed by atoms with Gasteiger partial charge in [0, 0.05) is 10.9 Å². The maximum Gasteiger partial charge on any atom is 0.324 e. The van der Waals surface area contributed by atoms with E-state index in [2.05, 4.69) is 10.3 Å². The minimum absolute atomic E-state index is 0.155. The molecule has 0 radical (unpaired) electrons. The quantitative estimate of drug-likeness (QED) is 0.571. The molecule has 1 aromatic rings. The van der Waals surface area contributed by atoms with Crippen LogP contribution >= 0.6 is 11.3 Å². The lowest BCUT2D eigenvalue weighted by Gasteiger charge is -1.95. The first-order valence-corrected chi connectivity index (χ1v) is 4.04. The van der Waals surface area contributed by atoms with Gasteiger partial charge in [-0.25, -0.2) is 0 Å². The Bertz CT molecular complexity index is 274. The molecule has 0 aliphatic heterocycles. The Morgan fingerprint density at radius 3 is 3.00 bits per heavy atom. The van der Waals surface area contributed by atoms with Gasteiger partial charge in [0.2, 0.25) is 0 Å². The van der Waals surface area contributed by atoms with Crippen molar-refractivity contribution in [2.24, 2.45) is 0 Å². The molecule has 0 saturated carbocycles. The van der Waals surface area contributed by atoms with E-state index in [1.165, 1.54) is 13.2 Å². The zero-order valence-corrected chi connectivity index (χ0v) is 7.26. The van der Waals surface area contributed by atoms with Crippen molar-refractivity contribution >= 4 is 16.3 Å². The van der Waals surface area contributed by atoms with Gasteiger partial charge < -0.3 is 4.84 Å². The normalized spacial score (nSPS) is 10.1. The van der Waals surface area contributed by atoms with Crippen LogP contribution in [-0.2, 0) is 11.4 Å². The molecule has 66 valence electrons. The molecule has 0 saturated heterocycles. The van der Waals surface area contributed by atoms with Gasteiger partial charge in [0.1, 0.15) is 0 Å². The van der Waals surface area contributed by atoms with Crippen LogP contribution in [0.1, 0.15) is 4.88 Å². The first-order chi connectivity index (χ1) is 5.74. The molecule has 0 spiro atoms. The zero-order chi connectivity index (χ0) is 8.97. The van der Waals surface area contributed by atoms with Crippen molar-refractivity contribution in [3.8, 4) is 0 Å². The minimum Gasteiger partial charge on any atom is -0.305 e. The Kier molecular flexibility index (Phi) is 3.15. The molecule has 1 heterocycles. The summed E-state index contributed by atoms with van der Waals surface area (Å²) < 4.78 is 0. The van der Waals surface area contributed by atoms with Crippen LogP contribution in [0.3, 0.4) is 0 Å². The summed E-state index contributed by atoms with van der Waals surface area (Å²) in [5.41, 5.74) is 2.60. The monoisotopic (exact) mass is 188 g/mol. The number of hydrogen-bond acceptors (Lipinski definition) is 5. The van der Waals surface area contributed by atoms with E-state index >= 15 is 0 Å². The fourth-order valence-electron chi connectivity index (χ4n) is 0.703. The Hall–Kier alpha value is -0.980. The van der Waals surface area contributed by atoms with Crippen molar-refractivity contribution in [3.05, 3.63) is 27.1 Å². The number of thiophene rings is 1. The van der Waals surface area contributed by atoms with Gasteiger partial charge in [0.05, 0.1) is 18.6 Å². The Labute approximate surface area is 73.1 Å². The van der Waals surface area contributed by atoms with Crippen molar-refractivity contribution < 1.29 is 9.76 Å². The van der Waals surface area contributed by atoms with Crippen LogP contribution in [0, 0.1) is 10.1 Å². The lowest BCUT2D eigenvalue weighted by molar-refractivity contribution is -0.380. The first-order valence-electron chi connectivity index (χ1n) is 3.23. The van der Waals surface area contributed by atoms with Gasteiger partial charge >= 0.3 is 5.00 Å². The maximum atomic E-state index is 10.3. The summed E-state index contributed by atoms with van der Waals surface area (Å²) in [6.07, 6.45) is 0. The first kappa shape index (κ1) is 9.11. The molecule has 1 rings (SSSR count). The molecule has 0 aliphatic rings. The third-order valence-corrected chi connectivity index (χ3v) is 2.26. The molecule has 0 fully saturated rings. The van der Waals surface area contributed by atoms with E-state index in [1.807, 2.05) is 0 Å². The highest BCUT2D eigenvalue weighted by atomic mass is 32.1. The highest BCUT2D eigenvalue weighted by Crippen LogP contribution is 2.23. The van der Waals surface area contributed by atoms with Crippen LogP contribution in [0.5, 0.6) is 0 Å². The van der Waals surface area contributed by atoms with E-state index in [4.69, 9.17) is 0 Å². The maximum absolute atomic E-state index is 10.3. The number of nitrogens with one attached hydrogen (secondary N) is 1. The van der Waals surface area contributed by atoms with Crippen LogP contribution in [0.2, 0.25) is 0 Å². The van der Waals surface area contributed by atoms with Gasteiger partial charge in [-0.1, -0.05) is 11.3 Å². The summed E-state index contributed by atoms with van der Waals surface area (Å²) in [6.45, 7) is 0.495. The van der Waals surface area contributed by atoms with Gasteiger partial charge in [-0.2, -0.15) is 5.48 Å². The van der Waals surface area contributed by atoms with Crippen molar-refractivity contribution in [2.45, 2.75) is 6.54 Å². The predicted octanol–water partition coefficient (Wildman–Crippen LogP) is 1.31. The van der Waals surface area contributed by atoms with Crippen LogP contribution in [0.25, 0.3) is 0 Å². The summed E-state index contributed by atoms with van der Waals surface area (Å²) in [6, 6.07) is 3.19. The van der Waals surface area contributed by atoms with Crippen LogP contribution in [0.15, 0.2) is 12.1 Å². The van der Waals surface area contributed by atoms with Crippen LogP contribution < -0.4 is 5.48 Å². The zero-order valence-electron chi connectivity index (χ0n) is 6.44. The van der Waals surface area contributed by atoms with E-state index in [1.54, 1.807) is 6.07 Å². The molecule has 1 aromatic heterocycles. The van der Waals surface area contributed by atoms with Crippen LogP contribution in [0.4, 0.5) is 5.00 Å². The van der Waals surface area contributed by atoms with Crippen molar-refractivity contribution in [1.82, 2.24) is 5.48 Å². The van der Waals surface area contributed by atoms with E-state index in [9.17, 15) is 10.1 Å². The molecule has 0 atom stereocenters. The SMILES string of the molecule is CONCc1ccc([N+](=O)[O-])s1. The number of hydroxylamine groups is 1. The average Bonchev–Trinajstić information content (AvgIpc) is 2.48. The Balaban J connectivity index is 2.58. The number of nitro groups is 1. The second-order valence-electron chi connectivity index (χ2n) is 2.02. The second-order valence-corrected chi connectivity index (χ2v) is 3.17. The second kappa shape index (κ2) is 4.15. The molecule has 12 heavy (non-hydrogen) atoms. The molecule has 0 amide bonds. The molecule has 0 bridgehead atoms. The molecule has 1 N–H and O–H groups in total. The van der Waals surface area contributed by atoms with Crippen molar-refractivity contribution in [1.29, 1.82) is 0 Å². The molecular weight excluding hydrogens is 180 g/mol. The van der Waals surface area contributed by atoms with E-state index in [0.717, 1.165) is 16.2 Å². The summed E-state index contributed by atoms with van der Waals surface area (Å²) in [4.78, 5) is 15.3. The lowest BCUT2D eigenvalue weighted by atomic mass is 10.5. The van der Waals surface area contributed by atoms with Crippen LogP contribution in [-0.4, -0.2) is 12.0 Å².